The minimum Gasteiger partial charge on any atom is -0.506 e. The van der Waals surface area contributed by atoms with Gasteiger partial charge < -0.3 is 25.4 Å². The smallest absolute Gasteiger partial charge is 0.345 e. The van der Waals surface area contributed by atoms with Gasteiger partial charge in [0.1, 0.15) is 5.75 Å². The Kier molecular flexibility index (Phi) is 6.96. The highest BCUT2D eigenvalue weighted by atomic mass is 35.5. The zero-order valence-corrected chi connectivity index (χ0v) is 18.7. The van der Waals surface area contributed by atoms with E-state index in [1.807, 2.05) is 31.2 Å². The van der Waals surface area contributed by atoms with Gasteiger partial charge in [-0.2, -0.15) is 0 Å². The molecule has 0 spiro atoms. The molecule has 0 radical (unpaired) electrons. The normalized spacial score (nSPS) is 22.6. The van der Waals surface area contributed by atoms with Gasteiger partial charge in [0, 0.05) is 30.4 Å². The van der Waals surface area contributed by atoms with Crippen LogP contribution in [0.25, 0.3) is 11.3 Å². The minimum absolute atomic E-state index is 0. The Morgan fingerprint density at radius 3 is 2.55 bits per heavy atom. The van der Waals surface area contributed by atoms with Crippen molar-refractivity contribution in [3.8, 4) is 17.0 Å². The van der Waals surface area contributed by atoms with Crippen molar-refractivity contribution in [2.45, 2.75) is 38.6 Å². The standard InChI is InChI=1S/C23H29N3O4.ClH/c1-3-16-20(25-22(28)19(21(16)27)23(29)30)13-7-9-15(10-8-13)26-11-14-5-4-6-18(24-2)17(14)12-26;/h7-10,14,17-18,24H,3-6,11-12H2,1-2H3,(H,29,30)(H2,25,27,28);1H/t14-,17+,18+;/m1./s1. The summed E-state index contributed by atoms with van der Waals surface area (Å²) >= 11 is 0. The number of nitrogens with one attached hydrogen (secondary N) is 2. The lowest BCUT2D eigenvalue weighted by molar-refractivity contribution is 0.0691. The van der Waals surface area contributed by atoms with Crippen molar-refractivity contribution in [2.75, 3.05) is 25.0 Å². The number of carboxylic acids is 1. The number of carbonyl (C=O) groups is 1. The molecule has 0 amide bonds. The van der Waals surface area contributed by atoms with Crippen LogP contribution >= 0.6 is 12.4 Å². The van der Waals surface area contributed by atoms with Crippen LogP contribution in [-0.2, 0) is 6.42 Å². The molecule has 2 heterocycles. The number of aromatic nitrogens is 1. The number of aromatic amines is 1. The fourth-order valence-corrected chi connectivity index (χ4v) is 5.30. The van der Waals surface area contributed by atoms with Gasteiger partial charge in [0.15, 0.2) is 5.56 Å². The van der Waals surface area contributed by atoms with E-state index in [0.717, 1.165) is 30.3 Å². The lowest BCUT2D eigenvalue weighted by atomic mass is 9.78. The van der Waals surface area contributed by atoms with E-state index in [9.17, 15) is 19.8 Å². The third kappa shape index (κ3) is 4.16. The second-order valence-corrected chi connectivity index (χ2v) is 8.39. The Bertz CT molecular complexity index is 1010. The SMILES string of the molecule is CCc1c(-c2ccc(N3C[C@H]4CCC[C@H](NC)[C@H]4C3)cc2)[nH]c(=O)c(C(=O)O)c1O.Cl. The summed E-state index contributed by atoms with van der Waals surface area (Å²) in [5.41, 5.74) is 1.41. The second kappa shape index (κ2) is 9.32. The number of H-pyrrole nitrogens is 1. The summed E-state index contributed by atoms with van der Waals surface area (Å²) in [6.07, 6.45) is 4.21. The van der Waals surface area contributed by atoms with Gasteiger partial charge >= 0.3 is 5.97 Å². The molecule has 168 valence electrons. The van der Waals surface area contributed by atoms with E-state index in [-0.39, 0.29) is 12.4 Å². The monoisotopic (exact) mass is 447 g/mol. The molecular weight excluding hydrogens is 418 g/mol. The van der Waals surface area contributed by atoms with Crippen LogP contribution in [0.5, 0.6) is 5.75 Å². The zero-order chi connectivity index (χ0) is 21.4. The molecule has 4 rings (SSSR count). The molecule has 1 aromatic heterocycles. The number of hydrogen-bond donors (Lipinski definition) is 4. The predicted molar refractivity (Wildman–Crippen MR) is 124 cm³/mol. The predicted octanol–water partition coefficient (Wildman–Crippen LogP) is 3.25. The van der Waals surface area contributed by atoms with Gasteiger partial charge in [0.25, 0.3) is 5.56 Å². The van der Waals surface area contributed by atoms with E-state index in [0.29, 0.717) is 29.6 Å². The lowest BCUT2D eigenvalue weighted by Crippen LogP contribution is -2.40. The first-order chi connectivity index (χ1) is 14.4. The first-order valence-corrected chi connectivity index (χ1v) is 10.7. The van der Waals surface area contributed by atoms with Crippen molar-refractivity contribution in [1.29, 1.82) is 0 Å². The maximum atomic E-state index is 12.2. The van der Waals surface area contributed by atoms with Crippen LogP contribution in [0.2, 0.25) is 0 Å². The maximum Gasteiger partial charge on any atom is 0.345 e. The summed E-state index contributed by atoms with van der Waals surface area (Å²) < 4.78 is 0. The van der Waals surface area contributed by atoms with Crippen molar-refractivity contribution in [1.82, 2.24) is 10.3 Å². The molecule has 8 heteroatoms. The molecule has 1 aliphatic heterocycles. The van der Waals surface area contributed by atoms with Crippen LogP contribution < -0.4 is 15.8 Å². The summed E-state index contributed by atoms with van der Waals surface area (Å²) in [4.78, 5) is 28.6. The number of aromatic hydroxyl groups is 1. The molecule has 2 aliphatic rings. The Hall–Kier alpha value is -2.51. The average molecular weight is 448 g/mol. The molecule has 0 unspecified atom stereocenters. The van der Waals surface area contributed by atoms with Gasteiger partial charge in [-0.15, -0.1) is 12.4 Å². The number of halogens is 1. The van der Waals surface area contributed by atoms with Crippen molar-refractivity contribution in [3.63, 3.8) is 0 Å². The Morgan fingerprint density at radius 2 is 1.94 bits per heavy atom. The number of pyridine rings is 1. The van der Waals surface area contributed by atoms with Gasteiger partial charge in [0.05, 0.1) is 5.69 Å². The quantitative estimate of drug-likeness (QED) is 0.560. The second-order valence-electron chi connectivity index (χ2n) is 8.39. The van der Waals surface area contributed by atoms with Crippen molar-refractivity contribution in [3.05, 3.63) is 45.7 Å². The summed E-state index contributed by atoms with van der Waals surface area (Å²) in [7, 11) is 2.06. The summed E-state index contributed by atoms with van der Waals surface area (Å²) in [6.45, 7) is 3.93. The third-order valence-corrected chi connectivity index (χ3v) is 6.85. The van der Waals surface area contributed by atoms with Crippen LogP contribution in [0.4, 0.5) is 5.69 Å². The summed E-state index contributed by atoms with van der Waals surface area (Å²) in [5.74, 6) is -0.485. The number of fused-ring (bicyclic) bond motifs is 1. The Labute approximate surface area is 187 Å². The molecule has 7 nitrogen and oxygen atoms in total. The molecule has 2 fully saturated rings. The average Bonchev–Trinajstić information content (AvgIpc) is 3.17. The molecular formula is C23H30ClN3O4. The molecule has 31 heavy (non-hydrogen) atoms. The highest BCUT2D eigenvalue weighted by Crippen LogP contribution is 2.39. The molecule has 1 saturated carbocycles. The van der Waals surface area contributed by atoms with E-state index in [4.69, 9.17) is 0 Å². The molecule has 0 bridgehead atoms. The van der Waals surface area contributed by atoms with Gasteiger partial charge in [-0.25, -0.2) is 4.79 Å². The topological polar surface area (TPSA) is 106 Å². The first kappa shape index (κ1) is 23.2. The van der Waals surface area contributed by atoms with Gasteiger partial charge in [-0.1, -0.05) is 25.5 Å². The van der Waals surface area contributed by atoms with Crippen LogP contribution in [-0.4, -0.2) is 47.3 Å². The first-order valence-electron chi connectivity index (χ1n) is 10.7. The fourth-order valence-electron chi connectivity index (χ4n) is 5.30. The van der Waals surface area contributed by atoms with Gasteiger partial charge in [-0.3, -0.25) is 4.79 Å². The zero-order valence-electron chi connectivity index (χ0n) is 17.9. The Morgan fingerprint density at radius 1 is 1.23 bits per heavy atom. The van der Waals surface area contributed by atoms with E-state index >= 15 is 0 Å². The number of carboxylic acid groups (broad SMARTS) is 1. The van der Waals surface area contributed by atoms with Gasteiger partial charge in [-0.05, 0) is 55.8 Å². The summed E-state index contributed by atoms with van der Waals surface area (Å²) in [5, 5.41) is 23.1. The molecule has 1 aliphatic carbocycles. The Balaban J connectivity index is 0.00000272. The fraction of sp³-hybridized carbons (Fsp3) is 0.478. The summed E-state index contributed by atoms with van der Waals surface area (Å²) in [6, 6.07) is 8.52. The van der Waals surface area contributed by atoms with Crippen LogP contribution in [0.3, 0.4) is 0 Å². The maximum absolute atomic E-state index is 12.2. The van der Waals surface area contributed by atoms with Crippen LogP contribution in [0, 0.1) is 11.8 Å². The molecule has 4 N–H and O–H groups in total. The number of benzene rings is 1. The number of rotatable bonds is 5. The number of hydrogen-bond acceptors (Lipinski definition) is 5. The van der Waals surface area contributed by atoms with Crippen LogP contribution in [0.15, 0.2) is 29.1 Å². The minimum atomic E-state index is -1.43. The van der Waals surface area contributed by atoms with Crippen molar-refractivity contribution >= 4 is 24.1 Å². The highest BCUT2D eigenvalue weighted by molar-refractivity contribution is 5.92. The van der Waals surface area contributed by atoms with Crippen molar-refractivity contribution < 1.29 is 15.0 Å². The number of nitrogens with zero attached hydrogens (tertiary/aromatic N) is 1. The highest BCUT2D eigenvalue weighted by Gasteiger charge is 2.39. The van der Waals surface area contributed by atoms with Gasteiger partial charge in [0.2, 0.25) is 0 Å². The molecule has 1 aromatic carbocycles. The number of aromatic carboxylic acids is 1. The van der Waals surface area contributed by atoms with E-state index < -0.39 is 22.8 Å². The third-order valence-electron chi connectivity index (χ3n) is 6.85. The largest absolute Gasteiger partial charge is 0.506 e. The molecule has 3 atom stereocenters. The van der Waals surface area contributed by atoms with E-state index in [1.54, 1.807) is 0 Å². The lowest BCUT2D eigenvalue weighted by Gasteiger charge is -2.32. The van der Waals surface area contributed by atoms with Crippen LogP contribution in [0.1, 0.15) is 42.1 Å². The molecule has 2 aromatic rings. The van der Waals surface area contributed by atoms with E-state index in [1.165, 1.54) is 19.3 Å². The van der Waals surface area contributed by atoms with Crippen molar-refractivity contribution in [2.24, 2.45) is 11.8 Å². The number of anilines is 1. The molecule has 1 saturated heterocycles. The van der Waals surface area contributed by atoms with E-state index in [2.05, 4.69) is 22.2 Å².